The quantitative estimate of drug-likeness (QED) is 0.272. The minimum Gasteiger partial charge on any atom is -0.545 e. The summed E-state index contributed by atoms with van der Waals surface area (Å²) in [5.41, 5.74) is 0.421. The van der Waals surface area contributed by atoms with E-state index >= 15 is 0 Å². The van der Waals surface area contributed by atoms with Gasteiger partial charge in [-0.1, -0.05) is 12.1 Å². The number of rotatable bonds is 14. The predicted octanol–water partition coefficient (Wildman–Crippen LogP) is 2.80. The molecular weight excluding hydrogens is 371 g/mol. The Balaban J connectivity index is 2.49. The molecule has 0 N–H and O–H groups in total. The molecule has 152 valence electrons. The smallest absolute Gasteiger partial charge is 0.500 e. The van der Waals surface area contributed by atoms with Crippen molar-refractivity contribution in [2.24, 2.45) is 0 Å². The Kier molecular flexibility index (Phi) is 10.9. The van der Waals surface area contributed by atoms with Gasteiger partial charge in [0.25, 0.3) is 0 Å². The zero-order chi connectivity index (χ0) is 20.1. The Labute approximate surface area is 161 Å². The third-order valence-electron chi connectivity index (χ3n) is 3.60. The molecule has 0 unspecified atom stereocenters. The van der Waals surface area contributed by atoms with E-state index < -0.39 is 20.6 Å². The number of carbonyl (C=O) groups is 1. The number of carboxylic acid groups (broad SMARTS) is 1. The molecule has 0 aromatic heterocycles. The molecular formula is C19H28FO6Si-. The van der Waals surface area contributed by atoms with E-state index in [0.717, 1.165) is 12.5 Å². The number of carbonyl (C=O) groups excluding carboxylic acids is 1. The molecule has 8 heteroatoms. The first-order valence-electron chi connectivity index (χ1n) is 9.19. The summed E-state index contributed by atoms with van der Waals surface area (Å²) in [6, 6.07) is 4.95. The molecule has 1 rings (SSSR count). The summed E-state index contributed by atoms with van der Waals surface area (Å²) in [6.07, 6.45) is 3.59. The molecule has 0 aliphatic carbocycles. The molecule has 27 heavy (non-hydrogen) atoms. The summed E-state index contributed by atoms with van der Waals surface area (Å²) in [5, 5.41) is 10.4. The first kappa shape index (κ1) is 23.3. The third-order valence-corrected chi connectivity index (χ3v) is 6.75. The molecule has 0 heterocycles. The fourth-order valence-electron chi connectivity index (χ4n) is 2.53. The van der Waals surface area contributed by atoms with Crippen LogP contribution in [0.1, 0.15) is 39.2 Å². The van der Waals surface area contributed by atoms with Crippen molar-refractivity contribution in [2.75, 3.05) is 26.4 Å². The van der Waals surface area contributed by atoms with Gasteiger partial charge in [-0.05, 0) is 57.4 Å². The van der Waals surface area contributed by atoms with E-state index in [2.05, 4.69) is 0 Å². The average molecular weight is 400 g/mol. The number of ether oxygens (including phenoxy) is 1. The van der Waals surface area contributed by atoms with Crippen LogP contribution in [0.25, 0.3) is 6.08 Å². The Morgan fingerprint density at radius 2 is 1.74 bits per heavy atom. The highest BCUT2D eigenvalue weighted by Gasteiger charge is 2.39. The van der Waals surface area contributed by atoms with Crippen molar-refractivity contribution in [3.05, 3.63) is 35.7 Å². The highest BCUT2D eigenvalue weighted by Crippen LogP contribution is 2.21. The lowest BCUT2D eigenvalue weighted by Gasteiger charge is -2.28. The maximum atomic E-state index is 14.0. The molecule has 0 saturated carbocycles. The van der Waals surface area contributed by atoms with Crippen molar-refractivity contribution in [3.63, 3.8) is 0 Å². The minimum absolute atomic E-state index is 0.128. The molecule has 0 amide bonds. The van der Waals surface area contributed by atoms with E-state index in [4.69, 9.17) is 18.0 Å². The SMILES string of the molecule is CCO[Si](CCCCOc1ccc(/C=C/C(=O)[O-])cc1F)(OCC)OCC. The van der Waals surface area contributed by atoms with E-state index in [1.54, 1.807) is 6.07 Å². The molecule has 0 aliphatic heterocycles. The fraction of sp³-hybridized carbons (Fsp3) is 0.526. The van der Waals surface area contributed by atoms with E-state index in [-0.39, 0.29) is 5.75 Å². The first-order valence-corrected chi connectivity index (χ1v) is 11.1. The van der Waals surface area contributed by atoms with Crippen LogP contribution in [0.5, 0.6) is 5.75 Å². The van der Waals surface area contributed by atoms with Crippen LogP contribution in [0.4, 0.5) is 4.39 Å². The highest BCUT2D eigenvalue weighted by molar-refractivity contribution is 6.60. The van der Waals surface area contributed by atoms with Gasteiger partial charge >= 0.3 is 8.80 Å². The summed E-state index contributed by atoms with van der Waals surface area (Å²) >= 11 is 0. The van der Waals surface area contributed by atoms with Gasteiger partial charge in [-0.3, -0.25) is 0 Å². The van der Waals surface area contributed by atoms with E-state index in [9.17, 15) is 14.3 Å². The van der Waals surface area contributed by atoms with Crippen LogP contribution in [0.15, 0.2) is 24.3 Å². The molecule has 0 aliphatic rings. The highest BCUT2D eigenvalue weighted by atomic mass is 28.4. The molecule has 1 aromatic rings. The van der Waals surface area contributed by atoms with Gasteiger partial charge in [0.05, 0.1) is 12.6 Å². The maximum absolute atomic E-state index is 14.0. The largest absolute Gasteiger partial charge is 0.545 e. The number of aliphatic carboxylic acids is 1. The van der Waals surface area contributed by atoms with Gasteiger partial charge in [0.15, 0.2) is 11.6 Å². The number of halogens is 1. The number of benzene rings is 1. The van der Waals surface area contributed by atoms with Crippen molar-refractivity contribution in [1.82, 2.24) is 0 Å². The molecule has 6 nitrogen and oxygen atoms in total. The fourth-order valence-corrected chi connectivity index (χ4v) is 5.21. The Morgan fingerprint density at radius 1 is 1.11 bits per heavy atom. The standard InChI is InChI=1S/C19H29FO6Si/c1-4-24-27(25-5-2,26-6-3)14-8-7-13-23-18-11-9-16(15-17(18)20)10-12-19(21)22/h9-12,15H,4-8,13-14H2,1-3H3,(H,21,22)/p-1/b12-10+. The Morgan fingerprint density at radius 3 is 2.26 bits per heavy atom. The first-order chi connectivity index (χ1) is 13.0. The van der Waals surface area contributed by atoms with E-state index in [1.807, 2.05) is 20.8 Å². The van der Waals surface area contributed by atoms with Gasteiger partial charge in [0.1, 0.15) is 0 Å². The van der Waals surface area contributed by atoms with Crippen molar-refractivity contribution < 1.29 is 32.3 Å². The van der Waals surface area contributed by atoms with Crippen LogP contribution in [-0.4, -0.2) is 41.2 Å². The lowest BCUT2D eigenvalue weighted by molar-refractivity contribution is -0.297. The number of hydrogen-bond acceptors (Lipinski definition) is 6. The summed E-state index contributed by atoms with van der Waals surface area (Å²) < 4.78 is 36.8. The van der Waals surface area contributed by atoms with Gasteiger partial charge < -0.3 is 27.9 Å². The molecule has 1 aromatic carbocycles. The number of hydrogen-bond donors (Lipinski definition) is 0. The molecule has 0 fully saturated rings. The Hall–Kier alpha value is -1.74. The summed E-state index contributed by atoms with van der Waals surface area (Å²) in [7, 11) is -2.65. The lowest BCUT2D eigenvalue weighted by atomic mass is 10.2. The second-order valence-electron chi connectivity index (χ2n) is 5.63. The predicted molar refractivity (Wildman–Crippen MR) is 101 cm³/mol. The maximum Gasteiger partial charge on any atom is 0.500 e. The summed E-state index contributed by atoms with van der Waals surface area (Å²) in [4.78, 5) is 10.4. The van der Waals surface area contributed by atoms with E-state index in [1.165, 1.54) is 18.2 Å². The van der Waals surface area contributed by atoms with Crippen LogP contribution in [0.2, 0.25) is 6.04 Å². The zero-order valence-corrected chi connectivity index (χ0v) is 17.2. The van der Waals surface area contributed by atoms with Gasteiger partial charge in [-0.2, -0.15) is 0 Å². The molecule has 0 spiro atoms. The molecule has 0 radical (unpaired) electrons. The molecule has 0 saturated heterocycles. The second kappa shape index (κ2) is 12.6. The normalized spacial score (nSPS) is 11.9. The van der Waals surface area contributed by atoms with Crippen LogP contribution >= 0.6 is 0 Å². The lowest BCUT2D eigenvalue weighted by Crippen LogP contribution is -2.45. The van der Waals surface area contributed by atoms with Gasteiger partial charge in [-0.25, -0.2) is 4.39 Å². The van der Waals surface area contributed by atoms with Crippen LogP contribution in [-0.2, 0) is 18.1 Å². The van der Waals surface area contributed by atoms with Crippen molar-refractivity contribution >= 4 is 20.8 Å². The number of unbranched alkanes of at least 4 members (excludes halogenated alkanes) is 1. The van der Waals surface area contributed by atoms with Gasteiger partial charge in [0.2, 0.25) is 0 Å². The van der Waals surface area contributed by atoms with Crippen LogP contribution in [0, 0.1) is 5.82 Å². The van der Waals surface area contributed by atoms with Gasteiger partial charge in [-0.15, -0.1) is 0 Å². The van der Waals surface area contributed by atoms with Crippen LogP contribution in [0.3, 0.4) is 0 Å². The average Bonchev–Trinajstić information content (AvgIpc) is 2.62. The van der Waals surface area contributed by atoms with Gasteiger partial charge in [0, 0.05) is 25.9 Å². The zero-order valence-electron chi connectivity index (χ0n) is 16.2. The van der Waals surface area contributed by atoms with Crippen molar-refractivity contribution in [1.29, 1.82) is 0 Å². The van der Waals surface area contributed by atoms with Crippen molar-refractivity contribution in [3.8, 4) is 5.75 Å². The van der Waals surface area contributed by atoms with Crippen molar-refractivity contribution in [2.45, 2.75) is 39.7 Å². The molecule has 0 bridgehead atoms. The third kappa shape index (κ3) is 8.66. The topological polar surface area (TPSA) is 77.1 Å². The number of carboxylic acids is 1. The second-order valence-corrected chi connectivity index (χ2v) is 8.36. The Bertz CT molecular complexity index is 591. The summed E-state index contributed by atoms with van der Waals surface area (Å²) in [5.74, 6) is -1.75. The molecule has 0 atom stereocenters. The van der Waals surface area contributed by atoms with E-state index in [0.29, 0.717) is 44.5 Å². The summed E-state index contributed by atoms with van der Waals surface area (Å²) in [6.45, 7) is 7.69. The van der Waals surface area contributed by atoms with Crippen LogP contribution < -0.4 is 9.84 Å². The monoisotopic (exact) mass is 399 g/mol. The minimum atomic E-state index is -2.65.